The second kappa shape index (κ2) is 4.53. The predicted molar refractivity (Wildman–Crippen MR) is 62.0 cm³/mol. The van der Waals surface area contributed by atoms with Crippen molar-refractivity contribution in [1.82, 2.24) is 0 Å². The average Bonchev–Trinajstić information content (AvgIpc) is 2.07. The van der Waals surface area contributed by atoms with Crippen LogP contribution in [0.1, 0.15) is 25.8 Å². The van der Waals surface area contributed by atoms with Gasteiger partial charge in [0, 0.05) is 12.1 Å². The predicted octanol–water partition coefficient (Wildman–Crippen LogP) is 2.12. The van der Waals surface area contributed by atoms with Gasteiger partial charge in [-0.3, -0.25) is 0 Å². The number of aliphatic hydroxyl groups is 1. The van der Waals surface area contributed by atoms with Crippen molar-refractivity contribution in [2.24, 2.45) is 0 Å². The first kappa shape index (κ1) is 11.9. The topological polar surface area (TPSA) is 55.5 Å². The lowest BCUT2D eigenvalue weighted by Gasteiger charge is -2.17. The number of ether oxygens (including phenoxy) is 1. The number of nitrogen functional groups attached to an aromatic ring is 1. The summed E-state index contributed by atoms with van der Waals surface area (Å²) in [5.74, 6) is 0.827. The number of hydrogen-bond acceptors (Lipinski definition) is 3. The van der Waals surface area contributed by atoms with Gasteiger partial charge in [-0.25, -0.2) is 0 Å². The second-order valence-electron chi connectivity index (χ2n) is 4.44. The molecule has 0 saturated carbocycles. The molecule has 0 aromatic heterocycles. The first-order valence-corrected chi connectivity index (χ1v) is 5.10. The lowest BCUT2D eigenvalue weighted by atomic mass is 10.1. The lowest BCUT2D eigenvalue weighted by Crippen LogP contribution is -2.21. The highest BCUT2D eigenvalue weighted by Crippen LogP contribution is 2.20. The molecule has 0 atom stereocenters. The van der Waals surface area contributed by atoms with Crippen molar-refractivity contribution in [3.63, 3.8) is 0 Å². The molecule has 0 aliphatic heterocycles. The zero-order chi connectivity index (χ0) is 11.5. The highest BCUT2D eigenvalue weighted by atomic mass is 16.5. The maximum Gasteiger partial charge on any atom is 0.122 e. The van der Waals surface area contributed by atoms with Gasteiger partial charge in [0.25, 0.3) is 0 Å². The fourth-order valence-corrected chi connectivity index (χ4v) is 1.25. The Balaban J connectivity index is 2.51. The maximum atomic E-state index is 9.51. The van der Waals surface area contributed by atoms with E-state index in [9.17, 15) is 5.11 Å². The van der Waals surface area contributed by atoms with Crippen LogP contribution in [0.15, 0.2) is 18.2 Å². The highest BCUT2D eigenvalue weighted by molar-refractivity contribution is 5.47. The minimum absolute atomic E-state index is 0.508. The maximum absolute atomic E-state index is 9.51. The Bertz CT molecular complexity index is 329. The standard InChI is InChI=1S/C12H19NO2/c1-9-8-10(13)4-5-11(9)15-7-6-12(2,3)14/h4-5,8,14H,6-7,13H2,1-3H3. The molecular formula is C12H19NO2. The number of nitrogens with two attached hydrogens (primary N) is 1. The van der Waals surface area contributed by atoms with Crippen molar-refractivity contribution in [2.75, 3.05) is 12.3 Å². The summed E-state index contributed by atoms with van der Waals surface area (Å²) < 4.78 is 5.55. The van der Waals surface area contributed by atoms with Crippen LogP contribution in [0.4, 0.5) is 5.69 Å². The molecule has 0 heterocycles. The van der Waals surface area contributed by atoms with Crippen molar-refractivity contribution < 1.29 is 9.84 Å². The fraction of sp³-hybridized carbons (Fsp3) is 0.500. The molecular weight excluding hydrogens is 190 g/mol. The Morgan fingerprint density at radius 1 is 1.40 bits per heavy atom. The first-order chi connectivity index (χ1) is 6.88. The van der Waals surface area contributed by atoms with Crippen molar-refractivity contribution in [2.45, 2.75) is 32.8 Å². The van der Waals surface area contributed by atoms with E-state index in [1.165, 1.54) is 0 Å². The van der Waals surface area contributed by atoms with E-state index in [0.717, 1.165) is 17.0 Å². The summed E-state index contributed by atoms with van der Waals surface area (Å²) >= 11 is 0. The Kier molecular flexibility index (Phi) is 3.58. The summed E-state index contributed by atoms with van der Waals surface area (Å²) in [6, 6.07) is 5.54. The molecule has 1 aromatic rings. The summed E-state index contributed by atoms with van der Waals surface area (Å²) in [4.78, 5) is 0. The van der Waals surface area contributed by atoms with Gasteiger partial charge in [0.05, 0.1) is 12.2 Å². The van der Waals surface area contributed by atoms with Crippen molar-refractivity contribution in [1.29, 1.82) is 0 Å². The number of rotatable bonds is 4. The van der Waals surface area contributed by atoms with E-state index in [0.29, 0.717) is 13.0 Å². The van der Waals surface area contributed by atoms with E-state index < -0.39 is 5.60 Å². The highest BCUT2D eigenvalue weighted by Gasteiger charge is 2.12. The summed E-state index contributed by atoms with van der Waals surface area (Å²) in [5.41, 5.74) is 6.71. The molecule has 3 N–H and O–H groups in total. The second-order valence-corrected chi connectivity index (χ2v) is 4.44. The van der Waals surface area contributed by atoms with Gasteiger partial charge in [-0.15, -0.1) is 0 Å². The molecule has 1 aromatic carbocycles. The molecule has 0 fully saturated rings. The SMILES string of the molecule is Cc1cc(N)ccc1OCCC(C)(C)O. The van der Waals surface area contributed by atoms with Gasteiger partial charge < -0.3 is 15.6 Å². The van der Waals surface area contributed by atoms with Gasteiger partial charge in [-0.1, -0.05) is 0 Å². The number of aryl methyl sites for hydroxylation is 1. The van der Waals surface area contributed by atoms with Crippen LogP contribution in [-0.2, 0) is 0 Å². The van der Waals surface area contributed by atoms with Crippen LogP contribution >= 0.6 is 0 Å². The van der Waals surface area contributed by atoms with E-state index in [1.807, 2.05) is 25.1 Å². The third-order valence-corrected chi connectivity index (χ3v) is 2.17. The summed E-state index contributed by atoms with van der Waals surface area (Å²) in [6.45, 7) is 6.00. The molecule has 84 valence electrons. The normalized spacial score (nSPS) is 11.5. The zero-order valence-corrected chi connectivity index (χ0v) is 9.58. The number of benzene rings is 1. The summed E-state index contributed by atoms with van der Waals surface area (Å²) in [5, 5.41) is 9.51. The Hall–Kier alpha value is -1.22. The zero-order valence-electron chi connectivity index (χ0n) is 9.58. The van der Waals surface area contributed by atoms with Crippen LogP contribution in [0.25, 0.3) is 0 Å². The number of anilines is 1. The van der Waals surface area contributed by atoms with Crippen LogP contribution in [-0.4, -0.2) is 17.3 Å². The van der Waals surface area contributed by atoms with Gasteiger partial charge in [0.1, 0.15) is 5.75 Å². The van der Waals surface area contributed by atoms with Crippen LogP contribution in [0.5, 0.6) is 5.75 Å². The van der Waals surface area contributed by atoms with Crippen LogP contribution in [0.3, 0.4) is 0 Å². The van der Waals surface area contributed by atoms with Gasteiger partial charge in [-0.05, 0) is 44.5 Å². The molecule has 3 heteroatoms. The quantitative estimate of drug-likeness (QED) is 0.747. The van der Waals surface area contributed by atoms with Gasteiger partial charge in [-0.2, -0.15) is 0 Å². The molecule has 0 saturated heterocycles. The monoisotopic (exact) mass is 209 g/mol. The van der Waals surface area contributed by atoms with Gasteiger partial charge in [0.15, 0.2) is 0 Å². The van der Waals surface area contributed by atoms with E-state index >= 15 is 0 Å². The first-order valence-electron chi connectivity index (χ1n) is 5.10. The van der Waals surface area contributed by atoms with E-state index in [4.69, 9.17) is 10.5 Å². The Morgan fingerprint density at radius 3 is 2.60 bits per heavy atom. The third kappa shape index (κ3) is 4.21. The fourth-order valence-electron chi connectivity index (χ4n) is 1.25. The molecule has 3 nitrogen and oxygen atoms in total. The molecule has 0 aliphatic carbocycles. The van der Waals surface area contributed by atoms with Crippen LogP contribution in [0.2, 0.25) is 0 Å². The smallest absolute Gasteiger partial charge is 0.122 e. The average molecular weight is 209 g/mol. The molecule has 1 rings (SSSR count). The van der Waals surface area contributed by atoms with E-state index in [-0.39, 0.29) is 0 Å². The Morgan fingerprint density at radius 2 is 2.07 bits per heavy atom. The van der Waals surface area contributed by atoms with Gasteiger partial charge >= 0.3 is 0 Å². The Labute approximate surface area is 90.9 Å². The molecule has 0 aliphatic rings. The molecule has 0 radical (unpaired) electrons. The molecule has 0 spiro atoms. The summed E-state index contributed by atoms with van der Waals surface area (Å²) in [7, 11) is 0. The van der Waals surface area contributed by atoms with Crippen molar-refractivity contribution >= 4 is 5.69 Å². The van der Waals surface area contributed by atoms with E-state index in [1.54, 1.807) is 13.8 Å². The molecule has 0 bridgehead atoms. The lowest BCUT2D eigenvalue weighted by molar-refractivity contribution is 0.0552. The van der Waals surface area contributed by atoms with Crippen molar-refractivity contribution in [3.05, 3.63) is 23.8 Å². The minimum atomic E-state index is -0.679. The number of hydrogen-bond donors (Lipinski definition) is 2. The molecule has 15 heavy (non-hydrogen) atoms. The third-order valence-electron chi connectivity index (χ3n) is 2.17. The minimum Gasteiger partial charge on any atom is -0.493 e. The van der Waals surface area contributed by atoms with Crippen LogP contribution in [0, 0.1) is 6.92 Å². The summed E-state index contributed by atoms with van der Waals surface area (Å²) in [6.07, 6.45) is 0.608. The van der Waals surface area contributed by atoms with E-state index in [2.05, 4.69) is 0 Å². The van der Waals surface area contributed by atoms with Crippen molar-refractivity contribution in [3.8, 4) is 5.75 Å². The van der Waals surface area contributed by atoms with Crippen LogP contribution < -0.4 is 10.5 Å². The molecule has 0 amide bonds. The van der Waals surface area contributed by atoms with Gasteiger partial charge in [0.2, 0.25) is 0 Å². The molecule has 0 unspecified atom stereocenters. The largest absolute Gasteiger partial charge is 0.493 e.